The molecule has 0 spiro atoms. The van der Waals surface area contributed by atoms with Gasteiger partial charge in [0, 0.05) is 99.9 Å². The van der Waals surface area contributed by atoms with E-state index in [-0.39, 0.29) is 132 Å². The minimum absolute atomic E-state index is 0. The number of fused-ring (bicyclic) bond motifs is 8. The average Bonchev–Trinajstić information content (AvgIpc) is 4.37. The summed E-state index contributed by atoms with van der Waals surface area (Å²) in [6, 6.07) is 28.8. The van der Waals surface area contributed by atoms with Crippen molar-refractivity contribution in [2.75, 3.05) is 0 Å². The van der Waals surface area contributed by atoms with Crippen LogP contribution in [0, 0.1) is 37.1 Å². The van der Waals surface area contributed by atoms with Gasteiger partial charge in [-0.3, -0.25) is 0 Å². The van der Waals surface area contributed by atoms with E-state index in [1.807, 2.05) is 42.5 Å². The Labute approximate surface area is 506 Å². The molecule has 7 aromatic heterocycles. The summed E-state index contributed by atoms with van der Waals surface area (Å²) in [5.41, 5.74) is 7.70. The maximum absolute atomic E-state index is 13.4. The van der Waals surface area contributed by atoms with Crippen molar-refractivity contribution >= 4 is 46.4 Å². The molecule has 0 atom stereocenters. The monoisotopic (exact) mass is 1250 g/mol. The standard InChI is InChI=1S/C60H56F12N8.5CH3.Mn/c61-57(62,63)29-5-13-37-77-33-9-1-17-49(77)53-41-21-23-43(73-41)54(50-18-2-10-34-78(50)38-14-6-30-58(64,65)66)45-25-27-47(75-45)56(52-20-4-12-36-80(52)40-16-8-32-60(70,71)72)48-28-26-46(76-48)55(44-24-22-42(53)74-44)51-19-3-11-35-79(51)39-15-7-31-59(67,68)69;;;;;;/h1-4,9-12,17-28,33-36H,5-8,13-16,29-32,37-40H2;5*1H3;/q+2;5*-1;+2. The third kappa shape index (κ3) is 18.9. The Kier molecular flexibility index (Phi) is 26.8. The number of hydrogen-bond donors (Lipinski definition) is 0. The van der Waals surface area contributed by atoms with Gasteiger partial charge < -0.3 is 47.1 Å². The Hall–Kier alpha value is -7.12. The molecule has 7 aromatic rings. The van der Waals surface area contributed by atoms with Crippen LogP contribution in [-0.2, 0) is 43.2 Å². The summed E-state index contributed by atoms with van der Waals surface area (Å²) in [4.78, 5) is 21.2. The van der Waals surface area contributed by atoms with E-state index in [1.165, 1.54) is 0 Å². The molecule has 9 heterocycles. The number of aryl methyl sites for hydroxylation is 4. The Balaban J connectivity index is 0.00000323. The van der Waals surface area contributed by atoms with Crippen molar-refractivity contribution in [1.82, 2.24) is 19.9 Å². The minimum atomic E-state index is -4.34. The summed E-state index contributed by atoms with van der Waals surface area (Å²) >= 11 is 0. The van der Waals surface area contributed by atoms with Crippen LogP contribution in [0.15, 0.2) is 122 Å². The van der Waals surface area contributed by atoms with Crippen LogP contribution in [0.5, 0.6) is 0 Å². The third-order valence-corrected chi connectivity index (χ3v) is 13.8. The first-order valence-corrected chi connectivity index (χ1v) is 26.5. The third-order valence-electron chi connectivity index (χ3n) is 13.8. The van der Waals surface area contributed by atoms with Crippen molar-refractivity contribution in [1.29, 1.82) is 0 Å². The molecule has 8 nitrogen and oxygen atoms in total. The molecule has 0 saturated carbocycles. The second-order valence-electron chi connectivity index (χ2n) is 19.8. The topological polar surface area (TPSA) is 69.5 Å². The quantitative estimate of drug-likeness (QED) is 0.0251. The summed E-state index contributed by atoms with van der Waals surface area (Å²) in [5.74, 6) is 0. The largest absolute Gasteiger partial charge is 2.00 e. The number of nitrogens with zero attached hydrogens (tertiary/aromatic N) is 8. The van der Waals surface area contributed by atoms with Gasteiger partial charge in [-0.25, -0.2) is 9.97 Å². The summed E-state index contributed by atoms with van der Waals surface area (Å²) < 4.78 is 168. The maximum Gasteiger partial charge on any atom is 2.00 e. The van der Waals surface area contributed by atoms with Crippen molar-refractivity contribution in [3.05, 3.63) is 182 Å². The zero-order chi connectivity index (χ0) is 56.7. The first kappa shape index (κ1) is 73.1. The van der Waals surface area contributed by atoms with Crippen LogP contribution in [0.25, 0.3) is 91.4 Å². The van der Waals surface area contributed by atoms with Gasteiger partial charge in [0.1, 0.15) is 26.2 Å². The van der Waals surface area contributed by atoms with Gasteiger partial charge in [0.05, 0.1) is 45.0 Å². The molecule has 0 unspecified atom stereocenters. The van der Waals surface area contributed by atoms with E-state index in [2.05, 4.69) is 0 Å². The van der Waals surface area contributed by atoms with E-state index in [9.17, 15) is 52.7 Å². The second kappa shape index (κ2) is 31.5. The summed E-state index contributed by atoms with van der Waals surface area (Å²) in [6.45, 7) is 0.820. The molecule has 2 aliphatic rings. The van der Waals surface area contributed by atoms with E-state index in [4.69, 9.17) is 19.9 Å². The van der Waals surface area contributed by atoms with Crippen LogP contribution in [0.2, 0.25) is 0 Å². The average molecular weight is 1250 g/mol. The van der Waals surface area contributed by atoms with Crippen molar-refractivity contribution in [3.8, 4) is 45.0 Å². The van der Waals surface area contributed by atoms with Crippen LogP contribution < -0.4 is 28.2 Å². The molecule has 21 heteroatoms. The smallest absolute Gasteiger partial charge is 0.656 e. The molecule has 9 rings (SSSR count). The molecule has 0 fully saturated rings. The molecule has 8 bridgehead atoms. The predicted octanol–water partition coefficient (Wildman–Crippen LogP) is 16.9. The minimum Gasteiger partial charge on any atom is -0.656 e. The van der Waals surface area contributed by atoms with Crippen LogP contribution in [0.1, 0.15) is 99.8 Å². The molecular formula is C65H71F12MnN8-. The van der Waals surface area contributed by atoms with Gasteiger partial charge >= 0.3 is 41.8 Å². The van der Waals surface area contributed by atoms with Gasteiger partial charge in [-0.2, -0.15) is 71.0 Å². The Morgan fingerprint density at radius 3 is 0.709 bits per heavy atom. The SMILES string of the molecule is FC(F)(F)CCCC[n+]1ccccc1-c1c2nc(c(-c3cccc[n+]3CCCCC(F)(F)F)c3ccc([n-]3)c(-c3cccc[n+]3CCCCC(F)(F)F)c3nc(c(-c4cccc[n+]4CCCCC(F)(F)F)c4ccc1[n-]4)C=C3)C=C2.[CH3-].[CH3-].[CH3-].[CH3-].[CH3-].[Mn+2]. The van der Waals surface area contributed by atoms with E-state index < -0.39 is 50.4 Å². The summed E-state index contributed by atoms with van der Waals surface area (Å²) in [5, 5.41) is 0. The summed E-state index contributed by atoms with van der Waals surface area (Å²) in [6.07, 6.45) is -6.66. The molecule has 0 N–H and O–H groups in total. The van der Waals surface area contributed by atoms with Crippen LogP contribution in [0.4, 0.5) is 52.7 Å². The molecule has 463 valence electrons. The number of rotatable bonds is 20. The molecule has 0 aromatic carbocycles. The number of pyridine rings is 4. The molecule has 2 aliphatic heterocycles. The molecule has 0 aliphatic carbocycles. The van der Waals surface area contributed by atoms with E-state index in [0.717, 1.165) is 0 Å². The Morgan fingerprint density at radius 1 is 0.302 bits per heavy atom. The van der Waals surface area contributed by atoms with Crippen LogP contribution in [0.3, 0.4) is 0 Å². The molecule has 86 heavy (non-hydrogen) atoms. The second-order valence-corrected chi connectivity index (χ2v) is 19.8. The molecule has 1 radical (unpaired) electrons. The molecular weight excluding hydrogens is 1180 g/mol. The maximum atomic E-state index is 13.4. The Bertz CT molecular complexity index is 3110. The van der Waals surface area contributed by atoms with Gasteiger partial charge in [0.15, 0.2) is 24.8 Å². The molecule has 0 saturated heterocycles. The predicted molar refractivity (Wildman–Crippen MR) is 311 cm³/mol. The number of halogens is 12. The fourth-order valence-electron chi connectivity index (χ4n) is 10.2. The number of alkyl halides is 12. The van der Waals surface area contributed by atoms with E-state index in [1.54, 1.807) is 122 Å². The first-order chi connectivity index (χ1) is 38.2. The van der Waals surface area contributed by atoms with Crippen LogP contribution >= 0.6 is 0 Å². The number of unbranched alkanes of at least 4 members (excludes halogenated alkanes) is 4. The van der Waals surface area contributed by atoms with Gasteiger partial charge in [-0.1, -0.05) is 24.3 Å². The van der Waals surface area contributed by atoms with Crippen molar-refractivity contribution in [2.24, 2.45) is 0 Å². The number of hydrogen-bond acceptors (Lipinski definition) is 2. The normalized spacial score (nSPS) is 12.0. The van der Waals surface area contributed by atoms with Gasteiger partial charge in [0.2, 0.25) is 22.8 Å². The van der Waals surface area contributed by atoms with Crippen molar-refractivity contribution in [2.45, 2.75) is 128 Å². The van der Waals surface area contributed by atoms with Crippen LogP contribution in [-0.4, -0.2) is 34.7 Å². The molecule has 0 amide bonds. The fraction of sp³-hybridized carbons (Fsp3) is 0.308. The van der Waals surface area contributed by atoms with Crippen molar-refractivity contribution < 1.29 is 88.0 Å². The van der Waals surface area contributed by atoms with Gasteiger partial charge in [-0.05, 0) is 74.3 Å². The van der Waals surface area contributed by atoms with Gasteiger partial charge in [-0.15, -0.1) is 22.1 Å². The van der Waals surface area contributed by atoms with Gasteiger partial charge in [0.25, 0.3) is 0 Å². The summed E-state index contributed by atoms with van der Waals surface area (Å²) in [7, 11) is 0. The van der Waals surface area contributed by atoms with E-state index >= 15 is 0 Å². The Morgan fingerprint density at radius 2 is 0.512 bits per heavy atom. The fourth-order valence-corrected chi connectivity index (χ4v) is 10.2. The zero-order valence-electron chi connectivity index (χ0n) is 48.7. The first-order valence-electron chi connectivity index (χ1n) is 26.5. The van der Waals surface area contributed by atoms with E-state index in [0.29, 0.717) is 89.9 Å². The number of aromatic nitrogens is 8. The zero-order valence-corrected chi connectivity index (χ0v) is 49.8. The van der Waals surface area contributed by atoms with Crippen molar-refractivity contribution in [3.63, 3.8) is 0 Å².